The Morgan fingerprint density at radius 3 is 2.19 bits per heavy atom. The Morgan fingerprint density at radius 1 is 1.06 bits per heavy atom. The molecule has 1 aromatic rings. The largest absolute Gasteiger partial charge is 0.298 e. The summed E-state index contributed by atoms with van der Waals surface area (Å²) >= 11 is 0. The number of likely N-dealkylation sites (tertiary alicyclic amines) is 1. The van der Waals surface area contributed by atoms with E-state index in [1.807, 2.05) is 0 Å². The highest BCUT2D eigenvalue weighted by atomic mass is 35.5. The molecule has 0 atom stereocenters. The molecule has 0 saturated carbocycles. The molecule has 16 heavy (non-hydrogen) atoms. The van der Waals surface area contributed by atoms with Crippen molar-refractivity contribution < 1.29 is 0 Å². The van der Waals surface area contributed by atoms with Crippen LogP contribution in [-0.4, -0.2) is 23.5 Å². The SMILES string of the molecule is CC(C)(Cc1ccccc1)N1CCCC1.Cl. The van der Waals surface area contributed by atoms with Gasteiger partial charge in [0, 0.05) is 5.54 Å². The second kappa shape index (κ2) is 5.70. The summed E-state index contributed by atoms with van der Waals surface area (Å²) in [7, 11) is 0. The van der Waals surface area contributed by atoms with Gasteiger partial charge in [-0.1, -0.05) is 30.3 Å². The van der Waals surface area contributed by atoms with E-state index in [-0.39, 0.29) is 12.4 Å². The van der Waals surface area contributed by atoms with Gasteiger partial charge in [0.25, 0.3) is 0 Å². The van der Waals surface area contributed by atoms with E-state index in [0.717, 1.165) is 6.42 Å². The molecule has 0 bridgehead atoms. The first-order chi connectivity index (χ1) is 7.18. The van der Waals surface area contributed by atoms with Crippen molar-refractivity contribution in [3.05, 3.63) is 35.9 Å². The van der Waals surface area contributed by atoms with Crippen LogP contribution in [-0.2, 0) is 6.42 Å². The molecule has 2 rings (SSSR count). The average molecular weight is 240 g/mol. The van der Waals surface area contributed by atoms with E-state index in [1.165, 1.54) is 31.5 Å². The molecular weight excluding hydrogens is 218 g/mol. The van der Waals surface area contributed by atoms with Crippen molar-refractivity contribution in [2.24, 2.45) is 0 Å². The van der Waals surface area contributed by atoms with Crippen LogP contribution in [0.4, 0.5) is 0 Å². The van der Waals surface area contributed by atoms with Crippen LogP contribution in [0.2, 0.25) is 0 Å². The van der Waals surface area contributed by atoms with E-state index in [0.29, 0.717) is 5.54 Å². The lowest BCUT2D eigenvalue weighted by Crippen LogP contribution is -2.43. The van der Waals surface area contributed by atoms with E-state index in [2.05, 4.69) is 49.1 Å². The van der Waals surface area contributed by atoms with Crippen molar-refractivity contribution in [1.82, 2.24) is 4.90 Å². The molecule has 1 fully saturated rings. The zero-order valence-corrected chi connectivity index (χ0v) is 11.1. The maximum atomic E-state index is 2.62. The molecule has 0 aliphatic carbocycles. The number of nitrogens with zero attached hydrogens (tertiary/aromatic N) is 1. The van der Waals surface area contributed by atoms with Crippen molar-refractivity contribution in [3.63, 3.8) is 0 Å². The molecule has 0 aromatic heterocycles. The summed E-state index contributed by atoms with van der Waals surface area (Å²) in [6.07, 6.45) is 3.91. The van der Waals surface area contributed by atoms with Gasteiger partial charge in [0.1, 0.15) is 0 Å². The third-order valence-electron chi connectivity index (χ3n) is 3.44. The Kier molecular flexibility index (Phi) is 4.82. The van der Waals surface area contributed by atoms with Gasteiger partial charge in [-0.2, -0.15) is 0 Å². The maximum absolute atomic E-state index is 2.62. The van der Waals surface area contributed by atoms with Gasteiger partial charge in [-0.15, -0.1) is 12.4 Å². The summed E-state index contributed by atoms with van der Waals surface area (Å²) in [5.74, 6) is 0. The van der Waals surface area contributed by atoms with Gasteiger partial charge < -0.3 is 0 Å². The average Bonchev–Trinajstić information content (AvgIpc) is 2.71. The first-order valence-electron chi connectivity index (χ1n) is 5.97. The van der Waals surface area contributed by atoms with Crippen molar-refractivity contribution in [2.45, 2.75) is 38.6 Å². The molecular formula is C14H22ClN. The molecule has 0 radical (unpaired) electrons. The molecule has 2 heteroatoms. The Hall–Kier alpha value is -0.530. The zero-order valence-electron chi connectivity index (χ0n) is 10.3. The molecule has 0 spiro atoms. The lowest BCUT2D eigenvalue weighted by Gasteiger charge is -2.35. The highest BCUT2D eigenvalue weighted by Gasteiger charge is 2.28. The molecule has 0 unspecified atom stereocenters. The maximum Gasteiger partial charge on any atom is 0.0193 e. The highest BCUT2D eigenvalue weighted by Crippen LogP contribution is 2.24. The molecule has 90 valence electrons. The normalized spacial score (nSPS) is 17.1. The van der Waals surface area contributed by atoms with Crippen molar-refractivity contribution in [1.29, 1.82) is 0 Å². The molecule has 0 amide bonds. The predicted octanol–water partition coefficient (Wildman–Crippen LogP) is 3.53. The lowest BCUT2D eigenvalue weighted by molar-refractivity contribution is 0.155. The van der Waals surface area contributed by atoms with Gasteiger partial charge in [0.15, 0.2) is 0 Å². The highest BCUT2D eigenvalue weighted by molar-refractivity contribution is 5.85. The van der Waals surface area contributed by atoms with Crippen LogP contribution in [0, 0.1) is 0 Å². The first-order valence-corrected chi connectivity index (χ1v) is 5.97. The van der Waals surface area contributed by atoms with Gasteiger partial charge >= 0.3 is 0 Å². The first kappa shape index (κ1) is 13.5. The fraction of sp³-hybridized carbons (Fsp3) is 0.571. The van der Waals surface area contributed by atoms with Crippen molar-refractivity contribution >= 4 is 12.4 Å². The molecule has 1 saturated heterocycles. The van der Waals surface area contributed by atoms with Crippen LogP contribution in [0.1, 0.15) is 32.3 Å². The Morgan fingerprint density at radius 2 is 1.62 bits per heavy atom. The lowest BCUT2D eigenvalue weighted by atomic mass is 9.93. The fourth-order valence-corrected chi connectivity index (χ4v) is 2.53. The molecule has 0 N–H and O–H groups in total. The van der Waals surface area contributed by atoms with E-state index in [9.17, 15) is 0 Å². The number of hydrogen-bond donors (Lipinski definition) is 0. The minimum atomic E-state index is 0. The van der Waals surface area contributed by atoms with Crippen LogP contribution < -0.4 is 0 Å². The summed E-state index contributed by atoms with van der Waals surface area (Å²) < 4.78 is 0. The van der Waals surface area contributed by atoms with Gasteiger partial charge in [-0.05, 0) is 51.8 Å². The second-order valence-corrected chi connectivity index (χ2v) is 5.17. The molecule has 1 aliphatic rings. The molecule has 1 aromatic carbocycles. The summed E-state index contributed by atoms with van der Waals surface area (Å²) in [4.78, 5) is 2.62. The van der Waals surface area contributed by atoms with Gasteiger partial charge in [-0.3, -0.25) is 4.90 Å². The van der Waals surface area contributed by atoms with Crippen LogP contribution in [0.25, 0.3) is 0 Å². The molecule has 1 aliphatic heterocycles. The number of rotatable bonds is 3. The minimum Gasteiger partial charge on any atom is -0.298 e. The quantitative estimate of drug-likeness (QED) is 0.780. The molecule has 1 nitrogen and oxygen atoms in total. The van der Waals surface area contributed by atoms with E-state index >= 15 is 0 Å². The van der Waals surface area contributed by atoms with Gasteiger partial charge in [0.05, 0.1) is 0 Å². The Labute approximate surface area is 105 Å². The van der Waals surface area contributed by atoms with Gasteiger partial charge in [-0.25, -0.2) is 0 Å². The van der Waals surface area contributed by atoms with Crippen molar-refractivity contribution in [3.8, 4) is 0 Å². The summed E-state index contributed by atoms with van der Waals surface area (Å²) in [5, 5.41) is 0. The Balaban J connectivity index is 0.00000128. The van der Waals surface area contributed by atoms with Crippen LogP contribution in [0.5, 0.6) is 0 Å². The summed E-state index contributed by atoms with van der Waals surface area (Å²) in [6.45, 7) is 7.29. The molecule has 1 heterocycles. The monoisotopic (exact) mass is 239 g/mol. The topological polar surface area (TPSA) is 3.24 Å². The number of halogens is 1. The van der Waals surface area contributed by atoms with Crippen LogP contribution in [0.3, 0.4) is 0 Å². The number of hydrogen-bond acceptors (Lipinski definition) is 1. The summed E-state index contributed by atoms with van der Waals surface area (Å²) in [6, 6.07) is 10.8. The zero-order chi connectivity index (χ0) is 10.7. The predicted molar refractivity (Wildman–Crippen MR) is 72.3 cm³/mol. The fourth-order valence-electron chi connectivity index (χ4n) is 2.53. The second-order valence-electron chi connectivity index (χ2n) is 5.17. The smallest absolute Gasteiger partial charge is 0.0193 e. The minimum absolute atomic E-state index is 0. The summed E-state index contributed by atoms with van der Waals surface area (Å²) in [5.41, 5.74) is 1.77. The van der Waals surface area contributed by atoms with E-state index in [1.54, 1.807) is 0 Å². The van der Waals surface area contributed by atoms with E-state index < -0.39 is 0 Å². The third kappa shape index (κ3) is 3.23. The van der Waals surface area contributed by atoms with Crippen LogP contribution >= 0.6 is 12.4 Å². The Bertz CT molecular complexity index is 302. The standard InChI is InChI=1S/C14H21N.ClH/c1-14(2,15-10-6-7-11-15)12-13-8-4-3-5-9-13;/h3-5,8-9H,6-7,10-12H2,1-2H3;1H. The van der Waals surface area contributed by atoms with E-state index in [4.69, 9.17) is 0 Å². The van der Waals surface area contributed by atoms with Gasteiger partial charge in [0.2, 0.25) is 0 Å². The van der Waals surface area contributed by atoms with Crippen molar-refractivity contribution in [2.75, 3.05) is 13.1 Å². The third-order valence-corrected chi connectivity index (χ3v) is 3.44. The number of benzene rings is 1. The van der Waals surface area contributed by atoms with Crippen LogP contribution in [0.15, 0.2) is 30.3 Å².